The maximum Gasteiger partial charge on any atom is 0.403 e. The molecular formula is C61H46N3O2+3. The number of esters is 1. The van der Waals surface area contributed by atoms with Gasteiger partial charge in [-0.3, -0.25) is 0 Å². The third kappa shape index (κ3) is 6.62. The van der Waals surface area contributed by atoms with Crippen LogP contribution in [0.2, 0.25) is 0 Å². The van der Waals surface area contributed by atoms with Crippen molar-refractivity contribution in [2.24, 2.45) is 7.05 Å². The third-order valence-electron chi connectivity index (χ3n) is 13.7. The summed E-state index contributed by atoms with van der Waals surface area (Å²) in [7, 11) is 2.18. The fraction of sp³-hybridized carbons (Fsp3) is 0.0820. The van der Waals surface area contributed by atoms with Crippen LogP contribution in [0.25, 0.3) is 88.1 Å². The van der Waals surface area contributed by atoms with Gasteiger partial charge in [0.1, 0.15) is 7.05 Å². The second kappa shape index (κ2) is 16.4. The molecule has 12 rings (SSSR count). The van der Waals surface area contributed by atoms with Crippen LogP contribution in [-0.4, -0.2) is 12.6 Å². The first-order valence-electron chi connectivity index (χ1n) is 22.8. The molecule has 8 aromatic carbocycles. The van der Waals surface area contributed by atoms with Crippen LogP contribution in [0.5, 0.6) is 0 Å². The van der Waals surface area contributed by atoms with E-state index in [-0.39, 0.29) is 12.6 Å². The van der Waals surface area contributed by atoms with E-state index >= 15 is 0 Å². The fourth-order valence-electron chi connectivity index (χ4n) is 10.6. The van der Waals surface area contributed by atoms with Gasteiger partial charge >= 0.3 is 5.97 Å². The normalized spacial score (nSPS) is 14.0. The zero-order valence-electron chi connectivity index (χ0n) is 36.6. The summed E-state index contributed by atoms with van der Waals surface area (Å²) in [6.45, 7) is 0.685. The Labute approximate surface area is 383 Å². The van der Waals surface area contributed by atoms with Crippen LogP contribution in [0, 0.1) is 0 Å². The molecule has 5 nitrogen and oxygen atoms in total. The molecule has 0 spiro atoms. The van der Waals surface area contributed by atoms with Gasteiger partial charge in [0.2, 0.25) is 28.5 Å². The number of carbonyl (C=O) groups is 1. The van der Waals surface area contributed by atoms with Crippen molar-refractivity contribution in [3.05, 3.63) is 235 Å². The Hall–Kier alpha value is -8.28. The van der Waals surface area contributed by atoms with Gasteiger partial charge in [-0.2, -0.15) is 13.7 Å². The lowest BCUT2D eigenvalue weighted by Crippen LogP contribution is -2.48. The number of nitrogens with zero attached hydrogens (tertiary/aromatic N) is 3. The minimum atomic E-state index is -0.492. The number of fused-ring (bicyclic) bond motifs is 10. The summed E-state index contributed by atoms with van der Waals surface area (Å²) in [5.74, 6) is -0.350. The summed E-state index contributed by atoms with van der Waals surface area (Å²) in [4.78, 5) is 14.6. The number of cyclic esters (lactones) is 1. The molecule has 5 heteroatoms. The van der Waals surface area contributed by atoms with Gasteiger partial charge in [-0.05, 0) is 56.4 Å². The van der Waals surface area contributed by atoms with Crippen LogP contribution in [0.1, 0.15) is 27.7 Å². The largest absolute Gasteiger partial charge is 0.450 e. The summed E-state index contributed by atoms with van der Waals surface area (Å²) < 4.78 is 13.6. The van der Waals surface area contributed by atoms with E-state index in [1.807, 2.05) is 29.0 Å². The van der Waals surface area contributed by atoms with Gasteiger partial charge in [-0.25, -0.2) is 4.79 Å². The molecule has 3 aromatic heterocycles. The summed E-state index contributed by atoms with van der Waals surface area (Å²) in [5, 5.41) is 6.89. The van der Waals surface area contributed by atoms with Crippen molar-refractivity contribution in [3.63, 3.8) is 0 Å². The van der Waals surface area contributed by atoms with E-state index in [2.05, 4.69) is 210 Å². The fourth-order valence-corrected chi connectivity index (χ4v) is 10.6. The van der Waals surface area contributed by atoms with Crippen molar-refractivity contribution in [1.29, 1.82) is 0 Å². The Morgan fingerprint density at radius 2 is 1.03 bits per heavy atom. The molecule has 66 heavy (non-hydrogen) atoms. The highest BCUT2D eigenvalue weighted by Gasteiger charge is 2.38. The zero-order chi connectivity index (χ0) is 44.1. The summed E-state index contributed by atoms with van der Waals surface area (Å²) >= 11 is 0. The van der Waals surface area contributed by atoms with Crippen LogP contribution < -0.4 is 13.7 Å². The van der Waals surface area contributed by atoms with Crippen molar-refractivity contribution < 1.29 is 23.2 Å². The standard InChI is InChI=1S/C61H46N3O2/c1-62-53-28-14-12-26-48(53)51(41-18-4-2-5-19-41)38-56(62)60-47-25-11-9-23-44(47)33-34-50(60)58-40-66-61(65)55-30-16-17-36-63(55)37-35-45-32-31-43-22-8-10-24-46(43)59(45)57-39-52(42-20-6-3-7-21-42)49-27-13-15-29-54(49)64(57)58/h2-34,36,38-39,58H,35,37,40H2,1H3/q+3. The van der Waals surface area contributed by atoms with Gasteiger partial charge in [0.05, 0.1) is 21.9 Å². The Bertz CT molecular complexity index is 3700. The van der Waals surface area contributed by atoms with Crippen LogP contribution in [0.4, 0.5) is 0 Å². The van der Waals surface area contributed by atoms with Gasteiger partial charge in [-0.15, -0.1) is 0 Å². The summed E-state index contributed by atoms with van der Waals surface area (Å²) in [6, 6.07) is 75.4. The average molecular weight is 853 g/mol. The number of pyridine rings is 3. The number of rotatable bonds is 4. The molecule has 0 amide bonds. The van der Waals surface area contributed by atoms with Gasteiger partial charge in [-0.1, -0.05) is 158 Å². The number of aromatic nitrogens is 3. The molecule has 314 valence electrons. The van der Waals surface area contributed by atoms with Gasteiger partial charge < -0.3 is 4.74 Å². The zero-order valence-corrected chi connectivity index (χ0v) is 36.6. The smallest absolute Gasteiger partial charge is 0.403 e. The number of carbonyl (C=O) groups excluding carboxylic acids is 1. The van der Waals surface area contributed by atoms with Crippen molar-refractivity contribution in [3.8, 4) is 44.8 Å². The highest BCUT2D eigenvalue weighted by atomic mass is 16.5. The van der Waals surface area contributed by atoms with E-state index in [4.69, 9.17) is 4.74 Å². The number of hydrogen-bond acceptors (Lipinski definition) is 2. The molecule has 0 fully saturated rings. The SMILES string of the molecule is C[n+]1c(-c2c(C3COC(=O)c4cccc[n+]4CCc4ccc5ccccc5c4-c4cc(-c5ccccc5)c5ccccc5[n+]43)ccc3ccccc23)cc(-c2ccccc2)c2ccccc21. The predicted molar refractivity (Wildman–Crippen MR) is 265 cm³/mol. The first kappa shape index (κ1) is 39.3. The van der Waals surface area contributed by atoms with E-state index in [1.54, 1.807) is 0 Å². The van der Waals surface area contributed by atoms with Crippen molar-refractivity contribution in [2.45, 2.75) is 19.0 Å². The number of hydrogen-bond donors (Lipinski definition) is 0. The third-order valence-corrected chi connectivity index (χ3v) is 13.7. The van der Waals surface area contributed by atoms with Crippen LogP contribution in [0.3, 0.4) is 0 Å². The highest BCUT2D eigenvalue weighted by molar-refractivity contribution is 6.02. The topological polar surface area (TPSA) is 37.9 Å². The molecule has 0 N–H and O–H groups in total. The Balaban J connectivity index is 1.24. The number of ether oxygens (including phenoxy) is 1. The molecule has 1 aliphatic rings. The number of para-hydroxylation sites is 2. The van der Waals surface area contributed by atoms with E-state index in [0.29, 0.717) is 18.7 Å². The van der Waals surface area contributed by atoms with E-state index in [1.165, 1.54) is 27.3 Å². The minimum Gasteiger partial charge on any atom is -0.450 e. The quantitative estimate of drug-likeness (QED) is 0.131. The Morgan fingerprint density at radius 3 is 1.73 bits per heavy atom. The lowest BCUT2D eigenvalue weighted by atomic mass is 9.87. The lowest BCUT2D eigenvalue weighted by molar-refractivity contribution is -0.699. The van der Waals surface area contributed by atoms with Gasteiger partial charge in [0.25, 0.3) is 5.69 Å². The van der Waals surface area contributed by atoms with Crippen LogP contribution in [-0.2, 0) is 24.8 Å². The Morgan fingerprint density at radius 1 is 0.485 bits per heavy atom. The lowest BCUT2D eigenvalue weighted by Gasteiger charge is -2.24. The molecule has 4 heterocycles. The number of benzene rings is 8. The monoisotopic (exact) mass is 852 g/mol. The van der Waals surface area contributed by atoms with Crippen molar-refractivity contribution >= 4 is 49.3 Å². The molecule has 0 radical (unpaired) electrons. The first-order chi connectivity index (χ1) is 32.6. The van der Waals surface area contributed by atoms with E-state index in [9.17, 15) is 4.79 Å². The van der Waals surface area contributed by atoms with Crippen molar-refractivity contribution in [2.75, 3.05) is 6.61 Å². The Kier molecular flexibility index (Phi) is 9.75. The predicted octanol–water partition coefficient (Wildman–Crippen LogP) is 12.4. The summed E-state index contributed by atoms with van der Waals surface area (Å²) in [5.41, 5.74) is 13.9. The second-order valence-corrected chi connectivity index (χ2v) is 17.3. The van der Waals surface area contributed by atoms with Crippen LogP contribution in [0.15, 0.2) is 219 Å². The molecule has 0 aliphatic carbocycles. The van der Waals surface area contributed by atoms with E-state index < -0.39 is 6.04 Å². The highest BCUT2D eigenvalue weighted by Crippen LogP contribution is 2.42. The molecule has 1 atom stereocenters. The minimum absolute atomic E-state index is 0.0777. The summed E-state index contributed by atoms with van der Waals surface area (Å²) in [6.07, 6.45) is 2.69. The maximum atomic E-state index is 14.6. The molecular weight excluding hydrogens is 807 g/mol. The van der Waals surface area contributed by atoms with Crippen molar-refractivity contribution in [1.82, 2.24) is 0 Å². The van der Waals surface area contributed by atoms with Gasteiger partial charge in [0.15, 0.2) is 19.3 Å². The second-order valence-electron chi connectivity index (χ2n) is 17.3. The molecule has 1 aliphatic heterocycles. The average Bonchev–Trinajstić information content (AvgIpc) is 3.38. The maximum absolute atomic E-state index is 14.6. The molecule has 0 saturated carbocycles. The molecule has 0 bridgehead atoms. The first-order valence-corrected chi connectivity index (χ1v) is 22.8. The molecule has 11 aromatic rings. The van der Waals surface area contributed by atoms with Crippen LogP contribution >= 0.6 is 0 Å². The van der Waals surface area contributed by atoms with Gasteiger partial charge in [0, 0.05) is 59.5 Å². The number of aryl methyl sites for hydroxylation is 3. The molecule has 1 unspecified atom stereocenters. The van der Waals surface area contributed by atoms with E-state index in [0.717, 1.165) is 72.0 Å². The molecule has 0 saturated heterocycles.